The van der Waals surface area contributed by atoms with E-state index in [9.17, 15) is 17.6 Å². The number of nitrogens with zero attached hydrogens (tertiary/aromatic N) is 1. The Morgan fingerprint density at radius 3 is 2.67 bits per heavy atom. The van der Waals surface area contributed by atoms with Gasteiger partial charge in [0.05, 0.1) is 18.3 Å². The first-order valence-electron chi connectivity index (χ1n) is 6.39. The Kier molecular flexibility index (Phi) is 4.31. The molecule has 0 amide bonds. The van der Waals surface area contributed by atoms with Gasteiger partial charge in [-0.05, 0) is 32.0 Å². The highest BCUT2D eigenvalue weighted by molar-refractivity contribution is 7.89. The largest absolute Gasteiger partial charge is 0.478 e. The first kappa shape index (κ1) is 15.9. The molecule has 1 aliphatic heterocycles. The van der Waals surface area contributed by atoms with E-state index in [0.717, 1.165) is 12.1 Å². The van der Waals surface area contributed by atoms with Gasteiger partial charge in [0.1, 0.15) is 10.7 Å². The lowest BCUT2D eigenvalue weighted by Crippen LogP contribution is -2.50. The number of rotatable bonds is 3. The Balaban J connectivity index is 2.41. The molecule has 1 N–H and O–H groups in total. The molecule has 1 saturated heterocycles. The second kappa shape index (κ2) is 5.70. The third kappa shape index (κ3) is 3.07. The molecule has 1 aromatic carbocycles. The fourth-order valence-corrected chi connectivity index (χ4v) is 3.92. The molecule has 0 aliphatic carbocycles. The second-order valence-corrected chi connectivity index (χ2v) is 6.88. The third-order valence-corrected chi connectivity index (χ3v) is 5.33. The molecule has 6 nitrogen and oxygen atoms in total. The van der Waals surface area contributed by atoms with E-state index in [2.05, 4.69) is 0 Å². The predicted molar refractivity (Wildman–Crippen MR) is 72.1 cm³/mol. The van der Waals surface area contributed by atoms with Crippen molar-refractivity contribution >= 4 is 16.0 Å². The van der Waals surface area contributed by atoms with Crippen LogP contribution < -0.4 is 0 Å². The van der Waals surface area contributed by atoms with Crippen molar-refractivity contribution in [2.24, 2.45) is 0 Å². The highest BCUT2D eigenvalue weighted by atomic mass is 32.2. The van der Waals surface area contributed by atoms with Gasteiger partial charge in [-0.1, -0.05) is 0 Å². The lowest BCUT2D eigenvalue weighted by Gasteiger charge is -2.35. The van der Waals surface area contributed by atoms with Crippen LogP contribution in [0.2, 0.25) is 0 Å². The van der Waals surface area contributed by atoms with Gasteiger partial charge in [0.25, 0.3) is 0 Å². The highest BCUT2D eigenvalue weighted by Gasteiger charge is 2.35. The number of carboxylic acid groups (broad SMARTS) is 1. The Labute approximate surface area is 122 Å². The van der Waals surface area contributed by atoms with E-state index in [1.54, 1.807) is 13.8 Å². The van der Waals surface area contributed by atoms with Gasteiger partial charge in [0.15, 0.2) is 0 Å². The Hall–Kier alpha value is -1.51. The van der Waals surface area contributed by atoms with Crippen LogP contribution in [0.25, 0.3) is 0 Å². The van der Waals surface area contributed by atoms with Gasteiger partial charge >= 0.3 is 5.97 Å². The predicted octanol–water partition coefficient (Wildman–Crippen LogP) is 1.32. The summed E-state index contributed by atoms with van der Waals surface area (Å²) < 4.78 is 45.6. The fraction of sp³-hybridized carbons (Fsp3) is 0.462. The number of ether oxygens (including phenoxy) is 1. The zero-order chi connectivity index (χ0) is 15.8. The summed E-state index contributed by atoms with van der Waals surface area (Å²) in [5.74, 6) is -2.38. The quantitative estimate of drug-likeness (QED) is 0.909. The summed E-state index contributed by atoms with van der Waals surface area (Å²) in [6, 6.07) is 2.36. The van der Waals surface area contributed by atoms with Crippen molar-refractivity contribution < 1.29 is 27.4 Å². The summed E-state index contributed by atoms with van der Waals surface area (Å²) in [5, 5.41) is 8.79. The zero-order valence-electron chi connectivity index (χ0n) is 11.6. The maximum atomic E-state index is 14.0. The van der Waals surface area contributed by atoms with Gasteiger partial charge in [0, 0.05) is 12.6 Å². The van der Waals surface area contributed by atoms with Crippen LogP contribution in [0.1, 0.15) is 24.2 Å². The minimum absolute atomic E-state index is 0.129. The highest BCUT2D eigenvalue weighted by Crippen LogP contribution is 2.25. The molecule has 0 saturated carbocycles. The lowest BCUT2D eigenvalue weighted by atomic mass is 10.2. The van der Waals surface area contributed by atoms with E-state index in [0.29, 0.717) is 6.07 Å². The molecular formula is C13H16FNO5S. The molecule has 0 radical (unpaired) electrons. The van der Waals surface area contributed by atoms with Crippen molar-refractivity contribution in [1.29, 1.82) is 0 Å². The Morgan fingerprint density at radius 1 is 1.43 bits per heavy atom. The van der Waals surface area contributed by atoms with Crippen molar-refractivity contribution in [3.63, 3.8) is 0 Å². The molecule has 1 fully saturated rings. The van der Waals surface area contributed by atoms with Crippen LogP contribution in [0.15, 0.2) is 23.1 Å². The molecule has 0 bridgehead atoms. The molecule has 0 aromatic heterocycles. The van der Waals surface area contributed by atoms with Crippen LogP contribution in [0.3, 0.4) is 0 Å². The smallest absolute Gasteiger partial charge is 0.335 e. The van der Waals surface area contributed by atoms with E-state index < -0.39 is 32.7 Å². The number of carbonyl (C=O) groups is 1. The van der Waals surface area contributed by atoms with Gasteiger partial charge in [-0.2, -0.15) is 4.31 Å². The van der Waals surface area contributed by atoms with Crippen LogP contribution >= 0.6 is 0 Å². The molecule has 21 heavy (non-hydrogen) atoms. The van der Waals surface area contributed by atoms with Crippen molar-refractivity contribution in [2.45, 2.75) is 30.9 Å². The fourth-order valence-electron chi connectivity index (χ4n) is 2.18. The minimum atomic E-state index is -4.03. The Bertz CT molecular complexity index is 661. The number of benzene rings is 1. The number of carboxylic acids is 1. The molecule has 116 valence electrons. The molecule has 1 aromatic rings. The van der Waals surface area contributed by atoms with Gasteiger partial charge in [0.2, 0.25) is 10.0 Å². The summed E-state index contributed by atoms with van der Waals surface area (Å²) in [7, 11) is -4.03. The molecule has 1 aliphatic rings. The van der Waals surface area contributed by atoms with Gasteiger partial charge in [-0.25, -0.2) is 17.6 Å². The molecule has 0 spiro atoms. The van der Waals surface area contributed by atoms with E-state index in [4.69, 9.17) is 9.84 Å². The average molecular weight is 317 g/mol. The average Bonchev–Trinajstić information content (AvgIpc) is 2.40. The lowest BCUT2D eigenvalue weighted by molar-refractivity contribution is -0.0171. The number of aromatic carboxylic acids is 1. The third-order valence-electron chi connectivity index (χ3n) is 3.32. The summed E-state index contributed by atoms with van der Waals surface area (Å²) in [5.41, 5.74) is -0.296. The standard InChI is InChI=1S/C13H16FNO5S/c1-8-7-20-9(2)6-15(8)21(18,19)12-4-3-10(13(16)17)5-11(12)14/h3-5,8-9H,6-7H2,1-2H3,(H,16,17). The Morgan fingerprint density at radius 2 is 2.10 bits per heavy atom. The maximum absolute atomic E-state index is 14.0. The maximum Gasteiger partial charge on any atom is 0.335 e. The first-order valence-corrected chi connectivity index (χ1v) is 7.83. The van der Waals surface area contributed by atoms with E-state index in [1.165, 1.54) is 4.31 Å². The number of halogens is 1. The molecule has 1 heterocycles. The van der Waals surface area contributed by atoms with Crippen molar-refractivity contribution in [3.8, 4) is 0 Å². The number of sulfonamides is 1. The first-order chi connectivity index (χ1) is 9.73. The summed E-state index contributed by atoms with van der Waals surface area (Å²) in [6.07, 6.45) is -0.280. The molecule has 2 unspecified atom stereocenters. The molecule has 2 rings (SSSR count). The van der Waals surface area contributed by atoms with Crippen LogP contribution in [-0.2, 0) is 14.8 Å². The minimum Gasteiger partial charge on any atom is -0.478 e. The number of hydrogen-bond acceptors (Lipinski definition) is 4. The van der Waals surface area contributed by atoms with Crippen LogP contribution in [-0.4, -0.2) is 49.1 Å². The molecular weight excluding hydrogens is 301 g/mol. The number of hydrogen-bond donors (Lipinski definition) is 1. The van der Waals surface area contributed by atoms with Crippen LogP contribution in [0, 0.1) is 5.82 Å². The van der Waals surface area contributed by atoms with Crippen molar-refractivity contribution in [3.05, 3.63) is 29.6 Å². The van der Waals surface area contributed by atoms with Gasteiger partial charge < -0.3 is 9.84 Å². The zero-order valence-corrected chi connectivity index (χ0v) is 12.4. The normalized spacial score (nSPS) is 24.0. The number of morpholine rings is 1. The van der Waals surface area contributed by atoms with Crippen LogP contribution in [0.4, 0.5) is 4.39 Å². The topological polar surface area (TPSA) is 83.9 Å². The molecule has 2 atom stereocenters. The summed E-state index contributed by atoms with van der Waals surface area (Å²) in [6.45, 7) is 3.77. The second-order valence-electron chi connectivity index (χ2n) is 5.02. The van der Waals surface area contributed by atoms with Crippen molar-refractivity contribution in [1.82, 2.24) is 4.31 Å². The van der Waals surface area contributed by atoms with E-state index in [1.807, 2.05) is 0 Å². The van der Waals surface area contributed by atoms with E-state index in [-0.39, 0.29) is 24.8 Å². The van der Waals surface area contributed by atoms with Crippen molar-refractivity contribution in [2.75, 3.05) is 13.2 Å². The van der Waals surface area contributed by atoms with Crippen LogP contribution in [0.5, 0.6) is 0 Å². The molecule has 8 heteroatoms. The SMILES string of the molecule is CC1CN(S(=O)(=O)c2ccc(C(=O)O)cc2F)C(C)CO1. The summed E-state index contributed by atoms with van der Waals surface area (Å²) in [4.78, 5) is 10.2. The monoisotopic (exact) mass is 317 g/mol. The van der Waals surface area contributed by atoms with Gasteiger partial charge in [-0.3, -0.25) is 0 Å². The summed E-state index contributed by atoms with van der Waals surface area (Å²) >= 11 is 0. The van der Waals surface area contributed by atoms with Gasteiger partial charge in [-0.15, -0.1) is 0 Å². The van der Waals surface area contributed by atoms with E-state index >= 15 is 0 Å².